The van der Waals surface area contributed by atoms with Gasteiger partial charge in [-0.1, -0.05) is 41.9 Å². The highest BCUT2D eigenvalue weighted by Gasteiger charge is 2.22. The molecule has 0 amide bonds. The summed E-state index contributed by atoms with van der Waals surface area (Å²) in [6.45, 7) is 5.49. The Hall–Kier alpha value is -1.28. The van der Waals surface area contributed by atoms with Gasteiger partial charge < -0.3 is 10.9 Å². The summed E-state index contributed by atoms with van der Waals surface area (Å²) in [5.41, 5.74) is 5.75. The lowest BCUT2D eigenvalue weighted by molar-refractivity contribution is 0.318. The highest BCUT2D eigenvalue weighted by atomic mass is 79.9. The first-order chi connectivity index (χ1) is 9.04. The molecule has 112 valence electrons. The van der Waals surface area contributed by atoms with Gasteiger partial charge in [0.2, 0.25) is 10.0 Å². The molecule has 0 saturated heterocycles. The Labute approximate surface area is 127 Å². The quantitative estimate of drug-likeness (QED) is 0.330. The predicted octanol–water partition coefficient (Wildman–Crippen LogP) is 2.33. The fraction of sp³-hybridized carbons (Fsp3) is 0.417. The molecule has 0 aliphatic heterocycles. The fourth-order valence-corrected chi connectivity index (χ4v) is 3.73. The SMILES string of the molecule is CC(C)(C)CS(=O)(=O)Nc1ccc(Br)cc1/C(N)=N/O. The molecule has 0 aliphatic carbocycles. The maximum absolute atomic E-state index is 12.1. The van der Waals surface area contributed by atoms with Gasteiger partial charge in [-0.15, -0.1) is 0 Å². The van der Waals surface area contributed by atoms with Crippen LogP contribution in [0.15, 0.2) is 27.8 Å². The minimum absolute atomic E-state index is 0.0360. The van der Waals surface area contributed by atoms with E-state index in [9.17, 15) is 8.42 Å². The number of halogens is 1. The van der Waals surface area contributed by atoms with Crippen LogP contribution in [0, 0.1) is 5.41 Å². The van der Waals surface area contributed by atoms with Crippen molar-refractivity contribution in [2.45, 2.75) is 20.8 Å². The lowest BCUT2D eigenvalue weighted by Gasteiger charge is -2.19. The number of nitrogens with two attached hydrogens (primary N) is 1. The molecule has 1 aromatic carbocycles. The third-order valence-electron chi connectivity index (χ3n) is 2.25. The van der Waals surface area contributed by atoms with Crippen molar-refractivity contribution in [1.29, 1.82) is 0 Å². The fourth-order valence-electron chi connectivity index (χ4n) is 1.64. The van der Waals surface area contributed by atoms with Gasteiger partial charge in [0, 0.05) is 10.0 Å². The Kier molecular flexibility index (Phi) is 5.04. The number of nitrogens with zero attached hydrogens (tertiary/aromatic N) is 1. The number of hydrogen-bond acceptors (Lipinski definition) is 4. The molecule has 0 aromatic heterocycles. The third kappa shape index (κ3) is 5.01. The maximum Gasteiger partial charge on any atom is 0.233 e. The van der Waals surface area contributed by atoms with Crippen LogP contribution in [0.4, 0.5) is 5.69 Å². The van der Waals surface area contributed by atoms with Crippen molar-refractivity contribution < 1.29 is 13.6 Å². The Morgan fingerprint density at radius 2 is 2.05 bits per heavy atom. The molecular formula is C12H18BrN3O3S. The zero-order chi connectivity index (χ0) is 15.6. The van der Waals surface area contributed by atoms with Crippen LogP contribution in [0.25, 0.3) is 0 Å². The van der Waals surface area contributed by atoms with E-state index in [2.05, 4.69) is 25.8 Å². The lowest BCUT2D eigenvalue weighted by Crippen LogP contribution is -2.27. The van der Waals surface area contributed by atoms with Crippen molar-refractivity contribution in [3.8, 4) is 0 Å². The average Bonchev–Trinajstić information content (AvgIpc) is 2.27. The molecule has 0 atom stereocenters. The summed E-state index contributed by atoms with van der Waals surface area (Å²) in [6, 6.07) is 4.80. The second-order valence-electron chi connectivity index (χ2n) is 5.60. The molecule has 0 bridgehead atoms. The second kappa shape index (κ2) is 6.01. The van der Waals surface area contributed by atoms with Gasteiger partial charge in [0.05, 0.1) is 11.4 Å². The van der Waals surface area contributed by atoms with Crippen LogP contribution in [0.1, 0.15) is 26.3 Å². The molecule has 1 aromatic rings. The molecule has 8 heteroatoms. The topological polar surface area (TPSA) is 105 Å². The minimum atomic E-state index is -3.53. The van der Waals surface area contributed by atoms with Gasteiger partial charge in [-0.3, -0.25) is 4.72 Å². The zero-order valence-electron chi connectivity index (χ0n) is 11.5. The average molecular weight is 364 g/mol. The van der Waals surface area contributed by atoms with Gasteiger partial charge >= 0.3 is 0 Å². The summed E-state index contributed by atoms with van der Waals surface area (Å²) >= 11 is 3.25. The number of sulfonamides is 1. The van der Waals surface area contributed by atoms with E-state index in [1.165, 1.54) is 0 Å². The summed E-state index contributed by atoms with van der Waals surface area (Å²) in [5.74, 6) is -0.203. The Balaban J connectivity index is 3.16. The van der Waals surface area contributed by atoms with Crippen molar-refractivity contribution in [3.63, 3.8) is 0 Å². The van der Waals surface area contributed by atoms with E-state index in [4.69, 9.17) is 10.9 Å². The number of benzene rings is 1. The number of nitrogens with one attached hydrogen (secondary N) is 1. The van der Waals surface area contributed by atoms with Gasteiger partial charge in [-0.25, -0.2) is 8.42 Å². The van der Waals surface area contributed by atoms with Crippen molar-refractivity contribution in [2.75, 3.05) is 10.5 Å². The minimum Gasteiger partial charge on any atom is -0.409 e. The van der Waals surface area contributed by atoms with Crippen LogP contribution in [0.5, 0.6) is 0 Å². The van der Waals surface area contributed by atoms with E-state index in [-0.39, 0.29) is 22.7 Å². The third-order valence-corrected chi connectivity index (χ3v) is 4.52. The first kappa shape index (κ1) is 16.8. The van der Waals surface area contributed by atoms with Gasteiger partial charge in [-0.05, 0) is 23.6 Å². The predicted molar refractivity (Wildman–Crippen MR) is 83.5 cm³/mol. The first-order valence-electron chi connectivity index (χ1n) is 5.82. The molecule has 0 saturated carbocycles. The van der Waals surface area contributed by atoms with E-state index in [0.29, 0.717) is 10.0 Å². The molecule has 0 spiro atoms. The highest BCUT2D eigenvalue weighted by Crippen LogP contribution is 2.24. The Morgan fingerprint density at radius 1 is 1.45 bits per heavy atom. The summed E-state index contributed by atoms with van der Waals surface area (Å²) in [4.78, 5) is 0. The monoisotopic (exact) mass is 363 g/mol. The van der Waals surface area contributed by atoms with Crippen LogP contribution in [-0.2, 0) is 10.0 Å². The van der Waals surface area contributed by atoms with E-state index in [1.54, 1.807) is 18.2 Å². The molecular weight excluding hydrogens is 346 g/mol. The molecule has 0 unspecified atom stereocenters. The number of rotatable bonds is 4. The maximum atomic E-state index is 12.1. The van der Waals surface area contributed by atoms with Crippen LogP contribution in [0.2, 0.25) is 0 Å². The highest BCUT2D eigenvalue weighted by molar-refractivity contribution is 9.10. The van der Waals surface area contributed by atoms with Gasteiger partial charge in [0.15, 0.2) is 5.84 Å². The molecule has 0 fully saturated rings. The largest absolute Gasteiger partial charge is 0.409 e. The molecule has 0 aliphatic rings. The molecule has 0 radical (unpaired) electrons. The van der Waals surface area contributed by atoms with Crippen molar-refractivity contribution in [1.82, 2.24) is 0 Å². The normalized spacial score (nSPS) is 13.3. The van der Waals surface area contributed by atoms with E-state index in [0.717, 1.165) is 0 Å². The molecule has 20 heavy (non-hydrogen) atoms. The summed E-state index contributed by atoms with van der Waals surface area (Å²) in [7, 11) is -3.53. The van der Waals surface area contributed by atoms with Gasteiger partial charge in [0.1, 0.15) is 0 Å². The Morgan fingerprint density at radius 3 is 2.55 bits per heavy atom. The molecule has 0 heterocycles. The lowest BCUT2D eigenvalue weighted by atomic mass is 10.0. The van der Waals surface area contributed by atoms with Crippen molar-refractivity contribution >= 4 is 37.5 Å². The van der Waals surface area contributed by atoms with Crippen LogP contribution >= 0.6 is 15.9 Å². The summed E-state index contributed by atoms with van der Waals surface area (Å²) in [6.07, 6.45) is 0. The van der Waals surface area contributed by atoms with Gasteiger partial charge in [-0.2, -0.15) is 0 Å². The summed E-state index contributed by atoms with van der Waals surface area (Å²) in [5, 5.41) is 11.7. The van der Waals surface area contributed by atoms with Crippen LogP contribution in [-0.4, -0.2) is 25.2 Å². The molecule has 4 N–H and O–H groups in total. The van der Waals surface area contributed by atoms with Crippen molar-refractivity contribution in [2.24, 2.45) is 16.3 Å². The van der Waals surface area contributed by atoms with E-state index >= 15 is 0 Å². The number of hydrogen-bond donors (Lipinski definition) is 3. The van der Waals surface area contributed by atoms with E-state index in [1.807, 2.05) is 20.8 Å². The molecule has 1 rings (SSSR count). The number of anilines is 1. The standard InChI is InChI=1S/C12H18BrN3O3S/c1-12(2,3)7-20(18,19)16-10-5-4-8(13)6-9(10)11(14)15-17/h4-6,16-17H,7H2,1-3H3,(H2,14,15). The van der Waals surface area contributed by atoms with E-state index < -0.39 is 10.0 Å². The number of oxime groups is 1. The second-order valence-corrected chi connectivity index (χ2v) is 8.23. The summed E-state index contributed by atoms with van der Waals surface area (Å²) < 4.78 is 27.4. The Bertz CT molecular complexity index is 621. The first-order valence-corrected chi connectivity index (χ1v) is 8.26. The van der Waals surface area contributed by atoms with Crippen LogP contribution in [0.3, 0.4) is 0 Å². The molecule has 6 nitrogen and oxygen atoms in total. The van der Waals surface area contributed by atoms with Crippen LogP contribution < -0.4 is 10.5 Å². The smallest absolute Gasteiger partial charge is 0.233 e. The zero-order valence-corrected chi connectivity index (χ0v) is 13.9. The van der Waals surface area contributed by atoms with Gasteiger partial charge in [0.25, 0.3) is 0 Å². The number of amidine groups is 1. The van der Waals surface area contributed by atoms with Crippen molar-refractivity contribution in [3.05, 3.63) is 28.2 Å².